The molecular formula is C36H56N4O6S. The molecule has 0 heterocycles. The number of aliphatic hydroxyl groups is 2. The average molecular weight is 673 g/mol. The van der Waals surface area contributed by atoms with Crippen molar-refractivity contribution < 1.29 is 28.2 Å². The van der Waals surface area contributed by atoms with E-state index in [4.69, 9.17) is 12.8 Å². The molecule has 1 aromatic carbocycles. The number of carbonyl (C=O) groups is 2. The van der Waals surface area contributed by atoms with E-state index in [0.29, 0.717) is 25.8 Å². The number of carbonyl (C=O) groups excluding carboxylic acids is 2. The number of nitrogens with zero attached hydrogens (tertiary/aromatic N) is 2. The normalized spacial score (nSPS) is 17.2. The number of terminal acetylenes is 2. The Balaban J connectivity index is 2.25. The van der Waals surface area contributed by atoms with Gasteiger partial charge in [-0.05, 0) is 50.8 Å². The molecule has 0 radical (unpaired) electrons. The van der Waals surface area contributed by atoms with Gasteiger partial charge in [-0.2, -0.15) is 0 Å². The highest BCUT2D eigenvalue weighted by Crippen LogP contribution is 2.29. The number of likely N-dealkylation sites (N-methyl/N-ethyl adjacent to an activating group) is 2. The number of amides is 2. The van der Waals surface area contributed by atoms with Crippen LogP contribution >= 0.6 is 0 Å². The molecule has 10 nitrogen and oxygen atoms in total. The molecule has 1 aliphatic rings. The highest BCUT2D eigenvalue weighted by atomic mass is 32.2. The summed E-state index contributed by atoms with van der Waals surface area (Å²) in [4.78, 5) is 29.5. The van der Waals surface area contributed by atoms with E-state index in [1.165, 1.54) is 11.4 Å². The van der Waals surface area contributed by atoms with Crippen molar-refractivity contribution in [2.45, 2.75) is 102 Å². The van der Waals surface area contributed by atoms with Crippen molar-refractivity contribution in [1.29, 1.82) is 0 Å². The molecule has 0 aliphatic heterocycles. The summed E-state index contributed by atoms with van der Waals surface area (Å²) < 4.78 is 28.1. The fourth-order valence-corrected chi connectivity index (χ4v) is 7.33. The van der Waals surface area contributed by atoms with Crippen LogP contribution in [0.2, 0.25) is 0 Å². The largest absolute Gasteiger partial charge is 0.390 e. The molecule has 0 bridgehead atoms. The van der Waals surface area contributed by atoms with Gasteiger partial charge in [-0.3, -0.25) is 9.59 Å². The minimum absolute atomic E-state index is 0.136. The summed E-state index contributed by atoms with van der Waals surface area (Å²) in [5.74, 6) is 2.61. The van der Waals surface area contributed by atoms with E-state index < -0.39 is 57.8 Å². The number of aliphatic hydroxyl groups excluding tert-OH is 2. The Morgan fingerprint density at radius 1 is 1.00 bits per heavy atom. The molecule has 0 saturated heterocycles. The lowest BCUT2D eigenvalue weighted by atomic mass is 9.82. The smallest absolute Gasteiger partial charge is 0.243 e. The van der Waals surface area contributed by atoms with Gasteiger partial charge in [0.05, 0.1) is 29.9 Å². The van der Waals surface area contributed by atoms with Crippen LogP contribution in [-0.4, -0.2) is 103 Å². The third-order valence-electron chi connectivity index (χ3n) is 9.14. The first-order chi connectivity index (χ1) is 22.4. The number of unbranched alkanes of at least 4 members (excludes halogenated alkanes) is 1. The Hall–Kier alpha value is -2.93. The van der Waals surface area contributed by atoms with Crippen molar-refractivity contribution in [3.63, 3.8) is 0 Å². The summed E-state index contributed by atoms with van der Waals surface area (Å²) >= 11 is 0. The lowest BCUT2D eigenvalue weighted by Crippen LogP contribution is -2.56. The molecule has 47 heavy (non-hydrogen) atoms. The van der Waals surface area contributed by atoms with E-state index >= 15 is 0 Å². The monoisotopic (exact) mass is 672 g/mol. The summed E-state index contributed by atoms with van der Waals surface area (Å²) in [5.41, 5.74) is 0.781. The number of benzene rings is 1. The standard InChI is InChI=1S/C36H56N4O6S/c1-6-9-12-22-33(41)34(42)32(26-29-20-15-11-16-21-29)38-36(44)31(17-7-2)37-35(43)30(25-28-18-13-10-14-19-28)27-47(45,46)40(5)24-23-39(4)8-3/h1-2,10,13-14,18-19,29-34,41-42H,8-9,11-12,15-17,20-27H2,3-5H3,(H,37,43)(H,38,44)/t30-,31+,32+,33+,34-/m1/s1. The van der Waals surface area contributed by atoms with Gasteiger partial charge >= 0.3 is 0 Å². The van der Waals surface area contributed by atoms with Crippen LogP contribution in [0.15, 0.2) is 30.3 Å². The second kappa shape index (κ2) is 21.1. The Labute approximate surface area is 283 Å². The van der Waals surface area contributed by atoms with Gasteiger partial charge in [0.25, 0.3) is 0 Å². The van der Waals surface area contributed by atoms with Crippen LogP contribution in [-0.2, 0) is 26.0 Å². The zero-order valence-corrected chi connectivity index (χ0v) is 29.3. The Kier molecular flexibility index (Phi) is 18.1. The number of rotatable bonds is 21. The van der Waals surface area contributed by atoms with Crippen LogP contribution in [0.5, 0.6) is 0 Å². The lowest BCUT2D eigenvalue weighted by Gasteiger charge is -2.33. The third kappa shape index (κ3) is 14.4. The minimum atomic E-state index is -3.83. The van der Waals surface area contributed by atoms with Crippen LogP contribution in [0.4, 0.5) is 0 Å². The fourth-order valence-electron chi connectivity index (χ4n) is 5.93. The first kappa shape index (κ1) is 40.2. The Bertz CT molecular complexity index is 1270. The topological polar surface area (TPSA) is 139 Å². The zero-order chi connectivity index (χ0) is 34.8. The van der Waals surface area contributed by atoms with E-state index in [9.17, 15) is 28.2 Å². The van der Waals surface area contributed by atoms with Gasteiger partial charge in [0, 0.05) is 33.0 Å². The summed E-state index contributed by atoms with van der Waals surface area (Å²) in [6, 6.07) is 7.19. The molecule has 1 aliphatic carbocycles. The maximum Gasteiger partial charge on any atom is 0.243 e. The van der Waals surface area contributed by atoms with E-state index in [2.05, 4.69) is 22.5 Å². The first-order valence-corrected chi connectivity index (χ1v) is 18.5. The quantitative estimate of drug-likeness (QED) is 0.116. The molecule has 0 spiro atoms. The van der Waals surface area contributed by atoms with Crippen LogP contribution < -0.4 is 10.6 Å². The minimum Gasteiger partial charge on any atom is -0.390 e. The summed E-state index contributed by atoms with van der Waals surface area (Å²) in [6.45, 7) is 3.57. The molecule has 1 aromatic rings. The average Bonchev–Trinajstić information content (AvgIpc) is 3.06. The highest BCUT2D eigenvalue weighted by Gasteiger charge is 2.34. The summed E-state index contributed by atoms with van der Waals surface area (Å²) in [7, 11) is -0.423. The predicted octanol–water partition coefficient (Wildman–Crippen LogP) is 2.55. The molecule has 11 heteroatoms. The zero-order valence-electron chi connectivity index (χ0n) is 28.4. The van der Waals surface area contributed by atoms with Crippen LogP contribution in [0.1, 0.15) is 76.7 Å². The van der Waals surface area contributed by atoms with Crippen LogP contribution in [0.25, 0.3) is 0 Å². The van der Waals surface area contributed by atoms with Gasteiger partial charge in [-0.15, -0.1) is 24.7 Å². The molecule has 2 amide bonds. The molecule has 0 unspecified atom stereocenters. The summed E-state index contributed by atoms with van der Waals surface area (Å²) in [5, 5.41) is 27.5. The van der Waals surface area contributed by atoms with Gasteiger partial charge in [-0.25, -0.2) is 12.7 Å². The van der Waals surface area contributed by atoms with Gasteiger partial charge in [0.2, 0.25) is 21.8 Å². The lowest BCUT2D eigenvalue weighted by molar-refractivity contribution is -0.132. The molecule has 5 atom stereocenters. The van der Waals surface area contributed by atoms with Crippen molar-refractivity contribution in [3.05, 3.63) is 35.9 Å². The number of hydrogen-bond donors (Lipinski definition) is 4. The number of hydrogen-bond acceptors (Lipinski definition) is 7. The Morgan fingerprint density at radius 3 is 2.30 bits per heavy atom. The molecule has 1 saturated carbocycles. The molecule has 4 N–H and O–H groups in total. The van der Waals surface area contributed by atoms with Crippen molar-refractivity contribution in [3.8, 4) is 24.7 Å². The van der Waals surface area contributed by atoms with Gasteiger partial charge in [0.1, 0.15) is 6.04 Å². The molecule has 2 rings (SSSR count). The summed E-state index contributed by atoms with van der Waals surface area (Å²) in [6.07, 6.45) is 15.6. The molecule has 0 aromatic heterocycles. The van der Waals surface area contributed by atoms with E-state index in [-0.39, 0.29) is 31.7 Å². The van der Waals surface area contributed by atoms with Gasteiger partial charge < -0.3 is 25.7 Å². The predicted molar refractivity (Wildman–Crippen MR) is 186 cm³/mol. The van der Waals surface area contributed by atoms with Crippen molar-refractivity contribution in [2.75, 3.05) is 39.5 Å². The second-order valence-electron chi connectivity index (χ2n) is 12.9. The third-order valence-corrected chi connectivity index (χ3v) is 11.1. The Morgan fingerprint density at radius 2 is 1.68 bits per heavy atom. The molecule has 1 fully saturated rings. The molecular weight excluding hydrogens is 616 g/mol. The van der Waals surface area contributed by atoms with Crippen molar-refractivity contribution in [1.82, 2.24) is 19.8 Å². The van der Waals surface area contributed by atoms with E-state index in [0.717, 1.165) is 44.2 Å². The maximum absolute atomic E-state index is 13.8. The maximum atomic E-state index is 13.8. The second-order valence-corrected chi connectivity index (χ2v) is 15.0. The van der Waals surface area contributed by atoms with E-state index in [1.54, 1.807) is 0 Å². The number of sulfonamides is 1. The van der Waals surface area contributed by atoms with Gasteiger partial charge in [-0.1, -0.05) is 69.4 Å². The van der Waals surface area contributed by atoms with Crippen molar-refractivity contribution in [2.24, 2.45) is 11.8 Å². The van der Waals surface area contributed by atoms with Crippen molar-refractivity contribution >= 4 is 21.8 Å². The highest BCUT2D eigenvalue weighted by molar-refractivity contribution is 7.89. The van der Waals surface area contributed by atoms with Gasteiger partial charge in [0.15, 0.2) is 0 Å². The van der Waals surface area contributed by atoms with Crippen LogP contribution in [0, 0.1) is 36.5 Å². The first-order valence-electron chi connectivity index (χ1n) is 16.9. The van der Waals surface area contributed by atoms with Crippen LogP contribution in [0.3, 0.4) is 0 Å². The fraction of sp³-hybridized carbons (Fsp3) is 0.667. The molecule has 262 valence electrons. The SMILES string of the molecule is C#CCCC[C@H](O)[C@H](O)[C@H](CC1CCCCC1)NC(=O)[C@H](CC#C)NC(=O)[C@H](Cc1ccccc1)CS(=O)(=O)N(C)CCN(C)CC. The number of nitrogens with one attached hydrogen (secondary N) is 2. The van der Waals surface area contributed by atoms with E-state index in [1.807, 2.05) is 49.2 Å².